The minimum atomic E-state index is -0.394. The van der Waals surface area contributed by atoms with Crippen LogP contribution in [0.4, 0.5) is 0 Å². The fraction of sp³-hybridized carbons (Fsp3) is 0.412. The van der Waals surface area contributed by atoms with Crippen LogP contribution in [0.1, 0.15) is 29.5 Å². The van der Waals surface area contributed by atoms with Crippen LogP contribution in [0, 0.1) is 12.8 Å². The molecule has 2 heterocycles. The van der Waals surface area contributed by atoms with Crippen molar-refractivity contribution >= 4 is 5.91 Å². The van der Waals surface area contributed by atoms with E-state index in [9.17, 15) is 9.90 Å². The van der Waals surface area contributed by atoms with Gasteiger partial charge in [-0.05, 0) is 20.3 Å². The first kappa shape index (κ1) is 14.8. The van der Waals surface area contributed by atoms with E-state index in [0.29, 0.717) is 30.1 Å². The van der Waals surface area contributed by atoms with Crippen molar-refractivity contribution < 1.29 is 14.4 Å². The summed E-state index contributed by atoms with van der Waals surface area (Å²) in [6, 6.07) is 9.57. The van der Waals surface area contributed by atoms with Crippen LogP contribution < -0.4 is 0 Å². The summed E-state index contributed by atoms with van der Waals surface area (Å²) in [6.45, 7) is 4.77. The van der Waals surface area contributed by atoms with E-state index >= 15 is 0 Å². The second-order valence-corrected chi connectivity index (χ2v) is 5.87. The molecule has 0 aliphatic carbocycles. The molecule has 116 valence electrons. The summed E-state index contributed by atoms with van der Waals surface area (Å²) >= 11 is 0. The molecule has 0 saturated carbocycles. The van der Waals surface area contributed by atoms with E-state index in [-0.39, 0.29) is 11.8 Å². The smallest absolute Gasteiger partial charge is 0.259 e. The fourth-order valence-corrected chi connectivity index (χ4v) is 2.94. The number of aliphatic hydroxyl groups excluding tert-OH is 1. The Hall–Kier alpha value is -2.14. The topological polar surface area (TPSA) is 66.6 Å². The van der Waals surface area contributed by atoms with Gasteiger partial charge in [-0.3, -0.25) is 4.79 Å². The molecule has 0 bridgehead atoms. The highest BCUT2D eigenvalue weighted by Gasteiger charge is 2.33. The zero-order valence-corrected chi connectivity index (χ0v) is 12.8. The number of nitrogens with zero attached hydrogens (tertiary/aromatic N) is 2. The van der Waals surface area contributed by atoms with Crippen molar-refractivity contribution in [3.63, 3.8) is 0 Å². The summed E-state index contributed by atoms with van der Waals surface area (Å²) in [6.07, 6.45) is 0.434. The molecule has 2 aromatic rings. The van der Waals surface area contributed by atoms with Gasteiger partial charge in [-0.1, -0.05) is 35.5 Å². The van der Waals surface area contributed by atoms with Crippen LogP contribution in [0.5, 0.6) is 0 Å². The average molecular weight is 300 g/mol. The van der Waals surface area contributed by atoms with Gasteiger partial charge in [-0.15, -0.1) is 0 Å². The standard InChI is InChI=1S/C17H20N2O3/c1-11(20)14-8-9-19(10-14)17(21)15-12(2)22-18-16(15)13-6-4-3-5-7-13/h3-7,11,14,20H,8-10H2,1-2H3. The van der Waals surface area contributed by atoms with Gasteiger partial charge in [0.15, 0.2) is 0 Å². The third kappa shape index (κ3) is 2.64. The summed E-state index contributed by atoms with van der Waals surface area (Å²) in [5, 5.41) is 13.8. The van der Waals surface area contributed by atoms with E-state index in [1.54, 1.807) is 18.7 Å². The Morgan fingerprint density at radius 3 is 2.77 bits per heavy atom. The summed E-state index contributed by atoms with van der Waals surface area (Å²) in [5.74, 6) is 0.606. The molecular weight excluding hydrogens is 280 g/mol. The number of likely N-dealkylation sites (tertiary alicyclic amines) is 1. The first-order chi connectivity index (χ1) is 10.6. The van der Waals surface area contributed by atoms with Crippen molar-refractivity contribution in [2.75, 3.05) is 13.1 Å². The molecule has 5 nitrogen and oxygen atoms in total. The zero-order chi connectivity index (χ0) is 15.7. The molecule has 1 N–H and O–H groups in total. The molecule has 0 radical (unpaired) electrons. The van der Waals surface area contributed by atoms with E-state index in [2.05, 4.69) is 5.16 Å². The number of aryl methyl sites for hydroxylation is 1. The van der Waals surface area contributed by atoms with Crippen LogP contribution in [-0.4, -0.2) is 40.3 Å². The molecule has 1 fully saturated rings. The first-order valence-corrected chi connectivity index (χ1v) is 7.57. The Morgan fingerprint density at radius 1 is 1.41 bits per heavy atom. The van der Waals surface area contributed by atoms with E-state index in [1.807, 2.05) is 30.3 Å². The number of hydrogen-bond donors (Lipinski definition) is 1. The predicted molar refractivity (Wildman–Crippen MR) is 82.4 cm³/mol. The van der Waals surface area contributed by atoms with Crippen molar-refractivity contribution in [1.29, 1.82) is 0 Å². The highest BCUT2D eigenvalue weighted by Crippen LogP contribution is 2.29. The lowest BCUT2D eigenvalue weighted by Gasteiger charge is -2.17. The third-order valence-electron chi connectivity index (χ3n) is 4.32. The molecule has 1 aliphatic heterocycles. The number of hydrogen-bond acceptors (Lipinski definition) is 4. The Bertz CT molecular complexity index is 664. The number of carbonyl (C=O) groups excluding carboxylic acids is 1. The Labute approximate surface area is 129 Å². The number of amides is 1. The molecule has 1 saturated heterocycles. The van der Waals surface area contributed by atoms with Gasteiger partial charge in [0.25, 0.3) is 5.91 Å². The highest BCUT2D eigenvalue weighted by atomic mass is 16.5. The van der Waals surface area contributed by atoms with Crippen LogP contribution in [0.3, 0.4) is 0 Å². The molecule has 2 unspecified atom stereocenters. The van der Waals surface area contributed by atoms with Gasteiger partial charge in [0.1, 0.15) is 17.0 Å². The van der Waals surface area contributed by atoms with E-state index in [4.69, 9.17) is 4.52 Å². The van der Waals surface area contributed by atoms with Crippen LogP contribution in [0.2, 0.25) is 0 Å². The van der Waals surface area contributed by atoms with Gasteiger partial charge in [-0.2, -0.15) is 0 Å². The fourth-order valence-electron chi connectivity index (χ4n) is 2.94. The van der Waals surface area contributed by atoms with Crippen molar-refractivity contribution in [3.05, 3.63) is 41.7 Å². The predicted octanol–water partition coefficient (Wildman–Crippen LogP) is 2.49. The molecular formula is C17H20N2O3. The SMILES string of the molecule is Cc1onc(-c2ccccc2)c1C(=O)N1CCC(C(C)O)C1. The summed E-state index contributed by atoms with van der Waals surface area (Å²) in [5.41, 5.74) is 1.98. The second kappa shape index (κ2) is 5.93. The van der Waals surface area contributed by atoms with Crippen LogP contribution in [0.25, 0.3) is 11.3 Å². The van der Waals surface area contributed by atoms with Crippen molar-refractivity contribution in [2.45, 2.75) is 26.4 Å². The quantitative estimate of drug-likeness (QED) is 0.945. The van der Waals surface area contributed by atoms with Crippen molar-refractivity contribution in [1.82, 2.24) is 10.1 Å². The van der Waals surface area contributed by atoms with E-state index in [1.165, 1.54) is 0 Å². The third-order valence-corrected chi connectivity index (χ3v) is 4.32. The summed E-state index contributed by atoms with van der Waals surface area (Å²) < 4.78 is 5.26. The van der Waals surface area contributed by atoms with Gasteiger partial charge >= 0.3 is 0 Å². The second-order valence-electron chi connectivity index (χ2n) is 5.87. The van der Waals surface area contributed by atoms with Crippen molar-refractivity contribution in [2.24, 2.45) is 5.92 Å². The minimum absolute atomic E-state index is 0.0687. The lowest BCUT2D eigenvalue weighted by Crippen LogP contribution is -2.30. The number of carbonyl (C=O) groups is 1. The molecule has 1 aromatic carbocycles. The van der Waals surface area contributed by atoms with Crippen LogP contribution >= 0.6 is 0 Å². The van der Waals surface area contributed by atoms with E-state index < -0.39 is 6.10 Å². The molecule has 0 spiro atoms. The van der Waals surface area contributed by atoms with Gasteiger partial charge in [0.2, 0.25) is 0 Å². The monoisotopic (exact) mass is 300 g/mol. The molecule has 2 atom stereocenters. The molecule has 1 aromatic heterocycles. The molecule has 1 amide bonds. The van der Waals surface area contributed by atoms with Gasteiger partial charge in [0, 0.05) is 24.6 Å². The molecule has 22 heavy (non-hydrogen) atoms. The lowest BCUT2D eigenvalue weighted by atomic mass is 10.0. The highest BCUT2D eigenvalue weighted by molar-refractivity contribution is 6.00. The maximum absolute atomic E-state index is 12.8. The number of rotatable bonds is 3. The van der Waals surface area contributed by atoms with Crippen molar-refractivity contribution in [3.8, 4) is 11.3 Å². The molecule has 5 heteroatoms. The maximum atomic E-state index is 12.8. The van der Waals surface area contributed by atoms with E-state index in [0.717, 1.165) is 12.0 Å². The Balaban J connectivity index is 1.89. The number of aliphatic hydroxyl groups is 1. The average Bonchev–Trinajstić information content (AvgIpc) is 3.14. The summed E-state index contributed by atoms with van der Waals surface area (Å²) in [4.78, 5) is 14.6. The lowest BCUT2D eigenvalue weighted by molar-refractivity contribution is 0.0761. The van der Waals surface area contributed by atoms with Gasteiger partial charge in [0.05, 0.1) is 6.10 Å². The zero-order valence-electron chi connectivity index (χ0n) is 12.8. The summed E-state index contributed by atoms with van der Waals surface area (Å²) in [7, 11) is 0. The normalized spacial score (nSPS) is 19.4. The minimum Gasteiger partial charge on any atom is -0.393 e. The molecule has 1 aliphatic rings. The van der Waals surface area contributed by atoms with Gasteiger partial charge in [-0.25, -0.2) is 0 Å². The number of benzene rings is 1. The van der Waals surface area contributed by atoms with Crippen LogP contribution in [0.15, 0.2) is 34.9 Å². The Kier molecular flexibility index (Phi) is 3.98. The first-order valence-electron chi connectivity index (χ1n) is 7.57. The van der Waals surface area contributed by atoms with Gasteiger partial charge < -0.3 is 14.5 Å². The number of aromatic nitrogens is 1. The molecule has 3 rings (SSSR count). The maximum Gasteiger partial charge on any atom is 0.259 e. The Morgan fingerprint density at radius 2 is 2.14 bits per heavy atom. The largest absolute Gasteiger partial charge is 0.393 e. The van der Waals surface area contributed by atoms with Crippen LogP contribution in [-0.2, 0) is 0 Å².